The maximum atomic E-state index is 11.9. The largest absolute Gasteiger partial charge is 0.466 e. The summed E-state index contributed by atoms with van der Waals surface area (Å²) in [6, 6.07) is -0.194. The molecule has 1 atom stereocenters. The lowest BCUT2D eigenvalue weighted by molar-refractivity contribution is -0.149. The standard InChI is InChI=1S/C17H29N3O4/c1-2-24-16(22)13-6-5-10-20(12-13)11-9-15(21)19-17(23)18-14-7-3-4-8-14/h13-14H,2-12H2,1H3,(H2,18,19,21,23)/t13-/m0/s1. The fourth-order valence-corrected chi connectivity index (χ4v) is 3.45. The van der Waals surface area contributed by atoms with Crippen LogP contribution in [0.5, 0.6) is 0 Å². The van der Waals surface area contributed by atoms with Crippen molar-refractivity contribution in [1.29, 1.82) is 0 Å². The third-order valence-electron chi connectivity index (χ3n) is 4.72. The number of piperidine rings is 1. The molecule has 1 saturated carbocycles. The summed E-state index contributed by atoms with van der Waals surface area (Å²) >= 11 is 0. The van der Waals surface area contributed by atoms with Crippen molar-refractivity contribution in [1.82, 2.24) is 15.5 Å². The highest BCUT2D eigenvalue weighted by Crippen LogP contribution is 2.18. The highest BCUT2D eigenvalue weighted by molar-refractivity contribution is 5.94. The predicted molar refractivity (Wildman–Crippen MR) is 89.3 cm³/mol. The van der Waals surface area contributed by atoms with E-state index in [4.69, 9.17) is 4.74 Å². The van der Waals surface area contributed by atoms with Crippen molar-refractivity contribution in [3.05, 3.63) is 0 Å². The molecule has 136 valence electrons. The number of imide groups is 1. The lowest BCUT2D eigenvalue weighted by atomic mass is 9.98. The number of carbonyl (C=O) groups is 3. The van der Waals surface area contributed by atoms with Gasteiger partial charge in [-0.2, -0.15) is 0 Å². The van der Waals surface area contributed by atoms with Gasteiger partial charge in [-0.05, 0) is 39.2 Å². The molecule has 0 radical (unpaired) electrons. The summed E-state index contributed by atoms with van der Waals surface area (Å²) in [6.07, 6.45) is 6.27. The maximum Gasteiger partial charge on any atom is 0.321 e. The average molecular weight is 339 g/mol. The van der Waals surface area contributed by atoms with E-state index in [1.54, 1.807) is 6.92 Å². The van der Waals surface area contributed by atoms with Crippen molar-refractivity contribution in [2.45, 2.75) is 57.9 Å². The van der Waals surface area contributed by atoms with E-state index in [-0.39, 0.29) is 30.3 Å². The summed E-state index contributed by atoms with van der Waals surface area (Å²) in [5, 5.41) is 5.23. The molecule has 24 heavy (non-hydrogen) atoms. The van der Waals surface area contributed by atoms with Crippen LogP contribution < -0.4 is 10.6 Å². The molecule has 0 bridgehead atoms. The van der Waals surface area contributed by atoms with E-state index < -0.39 is 6.03 Å². The van der Waals surface area contributed by atoms with E-state index >= 15 is 0 Å². The van der Waals surface area contributed by atoms with Crippen molar-refractivity contribution in [2.24, 2.45) is 5.92 Å². The molecule has 1 aliphatic heterocycles. The van der Waals surface area contributed by atoms with Gasteiger partial charge >= 0.3 is 12.0 Å². The van der Waals surface area contributed by atoms with Crippen LogP contribution in [0, 0.1) is 5.92 Å². The Labute approximate surface area is 143 Å². The molecule has 0 spiro atoms. The van der Waals surface area contributed by atoms with Crippen molar-refractivity contribution < 1.29 is 19.1 Å². The zero-order valence-corrected chi connectivity index (χ0v) is 14.5. The number of urea groups is 1. The normalized spacial score (nSPS) is 22.1. The van der Waals surface area contributed by atoms with Gasteiger partial charge in [0.25, 0.3) is 0 Å². The molecule has 1 aliphatic carbocycles. The predicted octanol–water partition coefficient (Wildman–Crippen LogP) is 1.42. The van der Waals surface area contributed by atoms with Crippen LogP contribution in [0.4, 0.5) is 4.79 Å². The van der Waals surface area contributed by atoms with Crippen LogP contribution in [0.25, 0.3) is 0 Å². The first-order valence-electron chi connectivity index (χ1n) is 9.07. The first kappa shape index (κ1) is 18.7. The molecular weight excluding hydrogens is 310 g/mol. The molecule has 0 aromatic carbocycles. The smallest absolute Gasteiger partial charge is 0.321 e. The van der Waals surface area contributed by atoms with E-state index in [0.717, 1.165) is 45.1 Å². The first-order valence-corrected chi connectivity index (χ1v) is 9.07. The van der Waals surface area contributed by atoms with Gasteiger partial charge in [0.2, 0.25) is 5.91 Å². The van der Waals surface area contributed by atoms with Crippen LogP contribution in [0.15, 0.2) is 0 Å². The summed E-state index contributed by atoms with van der Waals surface area (Å²) in [5.41, 5.74) is 0. The second-order valence-corrected chi connectivity index (χ2v) is 6.64. The Morgan fingerprint density at radius 3 is 2.58 bits per heavy atom. The molecule has 7 nitrogen and oxygen atoms in total. The lowest BCUT2D eigenvalue weighted by Crippen LogP contribution is -2.45. The molecule has 1 heterocycles. The quantitative estimate of drug-likeness (QED) is 0.715. The molecule has 1 saturated heterocycles. The van der Waals surface area contributed by atoms with Crippen molar-refractivity contribution in [3.8, 4) is 0 Å². The van der Waals surface area contributed by atoms with E-state index in [1.807, 2.05) is 0 Å². The zero-order valence-electron chi connectivity index (χ0n) is 14.5. The van der Waals surface area contributed by atoms with Gasteiger partial charge in [-0.15, -0.1) is 0 Å². The molecule has 7 heteroatoms. The van der Waals surface area contributed by atoms with Crippen molar-refractivity contribution in [2.75, 3.05) is 26.2 Å². The van der Waals surface area contributed by atoms with Gasteiger partial charge in [0.05, 0.1) is 12.5 Å². The van der Waals surface area contributed by atoms with Gasteiger partial charge in [-0.3, -0.25) is 14.9 Å². The third-order valence-corrected chi connectivity index (χ3v) is 4.72. The second-order valence-electron chi connectivity index (χ2n) is 6.64. The third kappa shape index (κ3) is 6.11. The molecule has 2 fully saturated rings. The minimum Gasteiger partial charge on any atom is -0.466 e. The Morgan fingerprint density at radius 1 is 1.12 bits per heavy atom. The van der Waals surface area contributed by atoms with Crippen LogP contribution in [0.1, 0.15) is 51.9 Å². The highest BCUT2D eigenvalue weighted by atomic mass is 16.5. The van der Waals surface area contributed by atoms with Crippen LogP contribution in [0.3, 0.4) is 0 Å². The molecule has 0 aromatic rings. The first-order chi connectivity index (χ1) is 11.6. The van der Waals surface area contributed by atoms with Gasteiger partial charge in [-0.25, -0.2) is 4.79 Å². The summed E-state index contributed by atoms with van der Waals surface area (Å²) in [4.78, 5) is 37.6. The minimum atomic E-state index is -0.394. The molecule has 3 amide bonds. The maximum absolute atomic E-state index is 11.9. The molecule has 2 N–H and O–H groups in total. The summed E-state index contributed by atoms with van der Waals surface area (Å²) in [7, 11) is 0. The fraction of sp³-hybridized carbons (Fsp3) is 0.824. The SMILES string of the molecule is CCOC(=O)[C@H]1CCCN(CCC(=O)NC(=O)NC2CCCC2)C1. The molecule has 2 aliphatic rings. The second kappa shape index (κ2) is 9.61. The summed E-state index contributed by atoms with van der Waals surface area (Å²) in [6.45, 7) is 4.25. The fourth-order valence-electron chi connectivity index (χ4n) is 3.45. The van der Waals surface area contributed by atoms with Crippen molar-refractivity contribution >= 4 is 17.9 Å². The Morgan fingerprint density at radius 2 is 1.88 bits per heavy atom. The molecular formula is C17H29N3O4. The van der Waals surface area contributed by atoms with Gasteiger partial charge in [0, 0.05) is 25.6 Å². The number of hydrogen-bond acceptors (Lipinski definition) is 5. The Balaban J connectivity index is 1.65. The topological polar surface area (TPSA) is 87.7 Å². The number of carbonyl (C=O) groups excluding carboxylic acids is 3. The van der Waals surface area contributed by atoms with Crippen LogP contribution in [0.2, 0.25) is 0 Å². The minimum absolute atomic E-state index is 0.104. The van der Waals surface area contributed by atoms with Crippen molar-refractivity contribution in [3.63, 3.8) is 0 Å². The van der Waals surface area contributed by atoms with Gasteiger partial charge in [-0.1, -0.05) is 12.8 Å². The van der Waals surface area contributed by atoms with Gasteiger partial charge < -0.3 is 15.0 Å². The van der Waals surface area contributed by atoms with Crippen LogP contribution in [-0.4, -0.2) is 55.1 Å². The van der Waals surface area contributed by atoms with Crippen LogP contribution in [-0.2, 0) is 14.3 Å². The van der Waals surface area contributed by atoms with E-state index in [2.05, 4.69) is 15.5 Å². The van der Waals surface area contributed by atoms with Gasteiger partial charge in [0.15, 0.2) is 0 Å². The number of ether oxygens (including phenoxy) is 1. The number of esters is 1. The Bertz CT molecular complexity index is 449. The van der Waals surface area contributed by atoms with Gasteiger partial charge in [0.1, 0.15) is 0 Å². The number of nitrogens with one attached hydrogen (secondary N) is 2. The van der Waals surface area contributed by atoms with E-state index in [9.17, 15) is 14.4 Å². The zero-order chi connectivity index (χ0) is 17.4. The van der Waals surface area contributed by atoms with E-state index in [1.165, 1.54) is 0 Å². The monoisotopic (exact) mass is 339 g/mol. The number of hydrogen-bond donors (Lipinski definition) is 2. The Kier molecular flexibility index (Phi) is 7.49. The molecule has 0 aromatic heterocycles. The number of amides is 3. The Hall–Kier alpha value is -1.63. The number of nitrogens with zero attached hydrogens (tertiary/aromatic N) is 1. The average Bonchev–Trinajstić information content (AvgIpc) is 3.06. The molecule has 0 unspecified atom stereocenters. The molecule has 2 rings (SSSR count). The number of likely N-dealkylation sites (tertiary alicyclic amines) is 1. The summed E-state index contributed by atoms with van der Waals surface area (Å²) < 4.78 is 5.07. The summed E-state index contributed by atoms with van der Waals surface area (Å²) in [5.74, 6) is -0.529. The highest BCUT2D eigenvalue weighted by Gasteiger charge is 2.27. The van der Waals surface area contributed by atoms with E-state index in [0.29, 0.717) is 19.7 Å². The van der Waals surface area contributed by atoms with Crippen LogP contribution >= 0.6 is 0 Å². The number of rotatable bonds is 6. The lowest BCUT2D eigenvalue weighted by Gasteiger charge is -2.31.